The molecule has 0 spiro atoms. The van der Waals surface area contributed by atoms with Gasteiger partial charge in [-0.25, -0.2) is 0 Å². The van der Waals surface area contributed by atoms with Crippen molar-refractivity contribution in [3.63, 3.8) is 0 Å². The molecule has 6 heteroatoms. The van der Waals surface area contributed by atoms with Crippen molar-refractivity contribution >= 4 is 34.0 Å². The fraction of sp³-hybridized carbons (Fsp3) is 0.158. The van der Waals surface area contributed by atoms with Gasteiger partial charge in [0.25, 0.3) is 0 Å². The lowest BCUT2D eigenvalue weighted by atomic mass is 10.0. The first kappa shape index (κ1) is 17.8. The summed E-state index contributed by atoms with van der Waals surface area (Å²) in [7, 11) is 1.62. The molecule has 0 N–H and O–H groups in total. The average molecular weight is 418 g/mol. The van der Waals surface area contributed by atoms with Gasteiger partial charge in [-0.2, -0.15) is 0 Å². The molecule has 0 amide bonds. The Morgan fingerprint density at radius 1 is 1.24 bits per heavy atom. The molecule has 2 aromatic carbocycles. The molecule has 0 fully saturated rings. The standard InChI is InChI=1S/C19H16BrNO3S/c1-12-18(19(24-21-12)13-6-8-14(20)9-7-13)17(11-22)25-16-5-3-4-15(10-16)23-2/h3-11,17H,1-2H3. The Kier molecular flexibility index (Phi) is 5.60. The molecule has 1 atom stereocenters. The maximum absolute atomic E-state index is 11.8. The quantitative estimate of drug-likeness (QED) is 0.393. The number of aryl methyl sites for hydroxylation is 1. The number of rotatable bonds is 6. The van der Waals surface area contributed by atoms with Crippen LogP contribution in [0.25, 0.3) is 11.3 Å². The van der Waals surface area contributed by atoms with Crippen LogP contribution in [0.4, 0.5) is 0 Å². The highest BCUT2D eigenvalue weighted by Gasteiger charge is 2.24. The van der Waals surface area contributed by atoms with Crippen LogP contribution >= 0.6 is 27.7 Å². The minimum Gasteiger partial charge on any atom is -0.497 e. The number of thioether (sulfide) groups is 1. The number of methoxy groups -OCH3 is 1. The summed E-state index contributed by atoms with van der Waals surface area (Å²) in [5, 5.41) is 3.66. The van der Waals surface area contributed by atoms with E-state index in [1.165, 1.54) is 11.8 Å². The number of hydrogen-bond donors (Lipinski definition) is 0. The molecule has 0 aliphatic heterocycles. The highest BCUT2D eigenvalue weighted by molar-refractivity contribution is 9.10. The molecule has 4 nitrogen and oxygen atoms in total. The fourth-order valence-corrected chi connectivity index (χ4v) is 3.85. The first-order valence-corrected chi connectivity index (χ1v) is 9.27. The van der Waals surface area contributed by atoms with Crippen LogP contribution in [0.3, 0.4) is 0 Å². The highest BCUT2D eigenvalue weighted by Crippen LogP contribution is 2.41. The summed E-state index contributed by atoms with van der Waals surface area (Å²) in [5.74, 6) is 1.38. The normalized spacial score (nSPS) is 12.0. The number of carbonyl (C=O) groups excluding carboxylic acids is 1. The summed E-state index contributed by atoms with van der Waals surface area (Å²) in [6.07, 6.45) is 0.923. The maximum Gasteiger partial charge on any atom is 0.171 e. The van der Waals surface area contributed by atoms with Gasteiger partial charge in [0.05, 0.1) is 18.1 Å². The van der Waals surface area contributed by atoms with Crippen LogP contribution in [0, 0.1) is 6.92 Å². The summed E-state index contributed by atoms with van der Waals surface area (Å²) in [5.41, 5.74) is 2.40. The van der Waals surface area contributed by atoms with Crippen molar-refractivity contribution in [1.82, 2.24) is 5.16 Å². The summed E-state index contributed by atoms with van der Waals surface area (Å²) < 4.78 is 11.8. The SMILES string of the molecule is COc1cccc(SC(C=O)c2c(C)noc2-c2ccc(Br)cc2)c1. The van der Waals surface area contributed by atoms with Crippen molar-refractivity contribution in [3.8, 4) is 17.1 Å². The molecule has 0 saturated carbocycles. The van der Waals surface area contributed by atoms with Crippen LogP contribution in [0.5, 0.6) is 5.75 Å². The smallest absolute Gasteiger partial charge is 0.171 e. The molecule has 3 rings (SSSR count). The summed E-state index contributed by atoms with van der Waals surface area (Å²) in [4.78, 5) is 12.8. The Bertz CT molecular complexity index is 877. The number of aldehydes is 1. The van der Waals surface area contributed by atoms with E-state index in [0.717, 1.165) is 32.5 Å². The van der Waals surface area contributed by atoms with Crippen LogP contribution in [0.1, 0.15) is 16.5 Å². The number of benzene rings is 2. The van der Waals surface area contributed by atoms with Gasteiger partial charge >= 0.3 is 0 Å². The van der Waals surface area contributed by atoms with Crippen LogP contribution in [0.15, 0.2) is 62.4 Å². The lowest BCUT2D eigenvalue weighted by molar-refractivity contribution is -0.107. The Morgan fingerprint density at radius 3 is 2.68 bits per heavy atom. The lowest BCUT2D eigenvalue weighted by Gasteiger charge is -2.12. The van der Waals surface area contributed by atoms with Gasteiger partial charge in [0, 0.05) is 20.5 Å². The number of ether oxygens (including phenoxy) is 1. The predicted molar refractivity (Wildman–Crippen MR) is 102 cm³/mol. The fourth-order valence-electron chi connectivity index (χ4n) is 2.50. The largest absolute Gasteiger partial charge is 0.497 e. The van der Waals surface area contributed by atoms with Crippen molar-refractivity contribution in [2.45, 2.75) is 17.1 Å². The molecule has 0 aliphatic rings. The predicted octanol–water partition coefficient (Wildman–Crippen LogP) is 5.45. The molecule has 0 aliphatic carbocycles. The second-order valence-electron chi connectivity index (χ2n) is 5.37. The van der Waals surface area contributed by atoms with Gasteiger partial charge < -0.3 is 14.1 Å². The van der Waals surface area contributed by atoms with Crippen molar-refractivity contribution in [3.05, 3.63) is 64.3 Å². The van der Waals surface area contributed by atoms with E-state index in [1.807, 2.05) is 55.5 Å². The second-order valence-corrected chi connectivity index (χ2v) is 7.50. The minimum absolute atomic E-state index is 0.419. The Labute approximate surface area is 158 Å². The Balaban J connectivity index is 1.97. The molecule has 1 unspecified atom stereocenters. The van der Waals surface area contributed by atoms with Gasteiger partial charge in [-0.05, 0) is 37.3 Å². The maximum atomic E-state index is 11.8. The van der Waals surface area contributed by atoms with Gasteiger partial charge in [-0.15, -0.1) is 11.8 Å². The van der Waals surface area contributed by atoms with E-state index in [2.05, 4.69) is 21.1 Å². The van der Waals surface area contributed by atoms with Crippen LogP contribution < -0.4 is 4.74 Å². The number of hydrogen-bond acceptors (Lipinski definition) is 5. The van der Waals surface area contributed by atoms with E-state index in [9.17, 15) is 4.79 Å². The minimum atomic E-state index is -0.419. The van der Waals surface area contributed by atoms with Crippen molar-refractivity contribution in [1.29, 1.82) is 0 Å². The van der Waals surface area contributed by atoms with E-state index in [1.54, 1.807) is 7.11 Å². The molecule has 3 aromatic rings. The van der Waals surface area contributed by atoms with Gasteiger partial charge in [0.2, 0.25) is 0 Å². The molecule has 0 radical (unpaired) electrons. The first-order valence-electron chi connectivity index (χ1n) is 7.60. The third kappa shape index (κ3) is 3.96. The molecule has 128 valence electrons. The number of nitrogens with zero attached hydrogens (tertiary/aromatic N) is 1. The van der Waals surface area contributed by atoms with Crippen molar-refractivity contribution in [2.24, 2.45) is 0 Å². The van der Waals surface area contributed by atoms with Crippen LogP contribution in [-0.2, 0) is 4.79 Å². The number of carbonyl (C=O) groups is 1. The van der Waals surface area contributed by atoms with E-state index < -0.39 is 5.25 Å². The number of halogens is 1. The van der Waals surface area contributed by atoms with E-state index in [4.69, 9.17) is 9.26 Å². The lowest BCUT2D eigenvalue weighted by Crippen LogP contribution is -1.99. The van der Waals surface area contributed by atoms with E-state index in [-0.39, 0.29) is 0 Å². The molecule has 25 heavy (non-hydrogen) atoms. The van der Waals surface area contributed by atoms with E-state index in [0.29, 0.717) is 11.5 Å². The average Bonchev–Trinajstić information content (AvgIpc) is 3.02. The van der Waals surface area contributed by atoms with Gasteiger partial charge in [0.1, 0.15) is 12.0 Å². The van der Waals surface area contributed by atoms with E-state index >= 15 is 0 Å². The molecule has 1 aromatic heterocycles. The Morgan fingerprint density at radius 2 is 2.00 bits per heavy atom. The monoisotopic (exact) mass is 417 g/mol. The Hall–Kier alpha value is -2.05. The van der Waals surface area contributed by atoms with Crippen LogP contribution in [0.2, 0.25) is 0 Å². The topological polar surface area (TPSA) is 52.3 Å². The van der Waals surface area contributed by atoms with Crippen LogP contribution in [-0.4, -0.2) is 18.6 Å². The zero-order chi connectivity index (χ0) is 17.8. The van der Waals surface area contributed by atoms with Gasteiger partial charge in [0.15, 0.2) is 5.76 Å². The van der Waals surface area contributed by atoms with Gasteiger partial charge in [-0.3, -0.25) is 0 Å². The molecular weight excluding hydrogens is 402 g/mol. The zero-order valence-corrected chi connectivity index (χ0v) is 16.1. The second kappa shape index (κ2) is 7.89. The molecule has 0 bridgehead atoms. The summed E-state index contributed by atoms with van der Waals surface area (Å²) >= 11 is 4.87. The molecular formula is C19H16BrNO3S. The summed E-state index contributed by atoms with van der Waals surface area (Å²) in [6, 6.07) is 15.4. The first-order chi connectivity index (χ1) is 12.1. The molecule has 0 saturated heterocycles. The third-order valence-electron chi connectivity index (χ3n) is 3.73. The van der Waals surface area contributed by atoms with Gasteiger partial charge in [-0.1, -0.05) is 39.3 Å². The van der Waals surface area contributed by atoms with Crippen molar-refractivity contribution < 1.29 is 14.1 Å². The number of aromatic nitrogens is 1. The van der Waals surface area contributed by atoms with Crippen molar-refractivity contribution in [2.75, 3.05) is 7.11 Å². The molecule has 1 heterocycles. The summed E-state index contributed by atoms with van der Waals surface area (Å²) in [6.45, 7) is 1.85. The third-order valence-corrected chi connectivity index (χ3v) is 5.38. The zero-order valence-electron chi connectivity index (χ0n) is 13.7. The highest BCUT2D eigenvalue weighted by atomic mass is 79.9.